The number of rotatable bonds is 4. The van der Waals surface area contributed by atoms with Gasteiger partial charge in [0.25, 0.3) is 11.5 Å². The van der Waals surface area contributed by atoms with Crippen LogP contribution in [0.25, 0.3) is 0 Å². The highest BCUT2D eigenvalue weighted by Crippen LogP contribution is 2.41. The van der Waals surface area contributed by atoms with Crippen molar-refractivity contribution >= 4 is 5.91 Å². The lowest BCUT2D eigenvalue weighted by molar-refractivity contribution is 0.0617. The smallest absolute Gasteiger partial charge is 0.263 e. The molecule has 0 bridgehead atoms. The number of amides is 1. The van der Waals surface area contributed by atoms with Crippen molar-refractivity contribution in [3.63, 3.8) is 0 Å². The average Bonchev–Trinajstić information content (AvgIpc) is 3.45. The molecule has 4 rings (SSSR count). The summed E-state index contributed by atoms with van der Waals surface area (Å²) in [6.45, 7) is 3.94. The van der Waals surface area contributed by atoms with Crippen LogP contribution in [0.1, 0.15) is 66.8 Å². The molecule has 2 N–H and O–H groups in total. The van der Waals surface area contributed by atoms with Crippen molar-refractivity contribution in [3.05, 3.63) is 51.7 Å². The van der Waals surface area contributed by atoms with E-state index in [9.17, 15) is 9.59 Å². The fourth-order valence-corrected chi connectivity index (χ4v) is 3.46. The SMILES string of the molecule is COc1ccc2c(c1)C(NC(=O)c1cnc(C3CC3)[nH]c1=O)CC(C)(C)O2. The lowest BCUT2D eigenvalue weighted by Gasteiger charge is -2.38. The van der Waals surface area contributed by atoms with E-state index in [1.165, 1.54) is 6.20 Å². The number of carbonyl (C=O) groups is 1. The van der Waals surface area contributed by atoms with Crippen molar-refractivity contribution in [3.8, 4) is 11.5 Å². The molecule has 1 aromatic heterocycles. The first kappa shape index (κ1) is 17.6. The Morgan fingerprint density at radius 3 is 2.81 bits per heavy atom. The highest BCUT2D eigenvalue weighted by molar-refractivity contribution is 5.93. The van der Waals surface area contributed by atoms with E-state index < -0.39 is 17.1 Å². The van der Waals surface area contributed by atoms with E-state index in [2.05, 4.69) is 15.3 Å². The number of aromatic nitrogens is 2. The Kier molecular flexibility index (Phi) is 4.17. The molecule has 142 valence electrons. The van der Waals surface area contributed by atoms with Gasteiger partial charge in [-0.05, 0) is 44.9 Å². The molecule has 0 radical (unpaired) electrons. The molecule has 0 saturated heterocycles. The fraction of sp³-hybridized carbons (Fsp3) is 0.450. The minimum atomic E-state index is -0.444. The van der Waals surface area contributed by atoms with Crippen molar-refractivity contribution in [2.24, 2.45) is 0 Å². The van der Waals surface area contributed by atoms with Gasteiger partial charge in [-0.15, -0.1) is 0 Å². The molecule has 2 aromatic rings. The lowest BCUT2D eigenvalue weighted by Crippen LogP contribution is -2.42. The van der Waals surface area contributed by atoms with Crippen molar-refractivity contribution in [2.75, 3.05) is 7.11 Å². The molecular formula is C20H23N3O4. The number of nitrogens with zero attached hydrogens (tertiary/aromatic N) is 1. The molecule has 1 amide bonds. The van der Waals surface area contributed by atoms with Gasteiger partial charge >= 0.3 is 0 Å². The number of aromatic amines is 1. The summed E-state index contributed by atoms with van der Waals surface area (Å²) in [7, 11) is 1.59. The predicted octanol–water partition coefficient (Wildman–Crippen LogP) is 2.69. The van der Waals surface area contributed by atoms with Gasteiger partial charge in [0.05, 0.1) is 13.2 Å². The van der Waals surface area contributed by atoms with Crippen LogP contribution in [0, 0.1) is 0 Å². The predicted molar refractivity (Wildman–Crippen MR) is 99.4 cm³/mol. The van der Waals surface area contributed by atoms with Gasteiger partial charge in [-0.3, -0.25) is 9.59 Å². The molecule has 1 aliphatic heterocycles. The number of ether oxygens (including phenoxy) is 2. The molecule has 1 aliphatic carbocycles. The number of carbonyl (C=O) groups excluding carboxylic acids is 1. The van der Waals surface area contributed by atoms with Gasteiger partial charge in [0.2, 0.25) is 0 Å². The number of methoxy groups -OCH3 is 1. The molecule has 2 heterocycles. The Hall–Kier alpha value is -2.83. The van der Waals surface area contributed by atoms with Crippen LogP contribution >= 0.6 is 0 Å². The summed E-state index contributed by atoms with van der Waals surface area (Å²) in [5.74, 6) is 1.94. The van der Waals surface area contributed by atoms with Crippen LogP contribution in [-0.2, 0) is 0 Å². The van der Waals surface area contributed by atoms with Gasteiger partial charge < -0.3 is 19.8 Å². The number of hydrogen-bond acceptors (Lipinski definition) is 5. The minimum Gasteiger partial charge on any atom is -0.497 e. The zero-order valence-corrected chi connectivity index (χ0v) is 15.7. The van der Waals surface area contributed by atoms with E-state index in [-0.39, 0.29) is 11.6 Å². The van der Waals surface area contributed by atoms with Crippen molar-refractivity contribution in [1.82, 2.24) is 15.3 Å². The molecule has 2 aliphatic rings. The molecule has 1 fully saturated rings. The number of nitrogens with one attached hydrogen (secondary N) is 2. The average molecular weight is 369 g/mol. The normalized spacial score (nSPS) is 20.3. The third kappa shape index (κ3) is 3.54. The number of benzene rings is 1. The Bertz CT molecular complexity index is 946. The second-order valence-electron chi connectivity index (χ2n) is 7.78. The van der Waals surface area contributed by atoms with E-state index in [0.717, 1.165) is 18.4 Å². The second kappa shape index (κ2) is 6.40. The zero-order valence-electron chi connectivity index (χ0n) is 15.7. The van der Waals surface area contributed by atoms with Crippen LogP contribution in [0.3, 0.4) is 0 Å². The molecular weight excluding hydrogens is 346 g/mol. The van der Waals surface area contributed by atoms with Gasteiger partial charge in [0.15, 0.2) is 0 Å². The second-order valence-corrected chi connectivity index (χ2v) is 7.78. The lowest BCUT2D eigenvalue weighted by atomic mass is 9.89. The summed E-state index contributed by atoms with van der Waals surface area (Å²) in [4.78, 5) is 32.1. The minimum absolute atomic E-state index is 0.0214. The molecule has 1 aromatic carbocycles. The summed E-state index contributed by atoms with van der Waals surface area (Å²) >= 11 is 0. The molecule has 27 heavy (non-hydrogen) atoms. The first-order valence-electron chi connectivity index (χ1n) is 9.13. The standard InChI is InChI=1S/C20H23N3O4/c1-20(2)9-15(13-8-12(26-3)6-7-16(13)27-20)22-18(24)14-10-21-17(11-4-5-11)23-19(14)25/h6-8,10-11,15H,4-5,9H2,1-3H3,(H,22,24)(H,21,23,25). The van der Waals surface area contributed by atoms with Crippen LogP contribution in [0.4, 0.5) is 0 Å². The van der Waals surface area contributed by atoms with E-state index in [4.69, 9.17) is 9.47 Å². The van der Waals surface area contributed by atoms with Crippen LogP contribution in [0.15, 0.2) is 29.2 Å². The number of H-pyrrole nitrogens is 1. The molecule has 1 saturated carbocycles. The summed E-state index contributed by atoms with van der Waals surface area (Å²) in [6.07, 6.45) is 4.01. The van der Waals surface area contributed by atoms with Gasteiger partial charge in [0, 0.05) is 24.1 Å². The monoisotopic (exact) mass is 369 g/mol. The van der Waals surface area contributed by atoms with Crippen LogP contribution in [0.5, 0.6) is 11.5 Å². The first-order chi connectivity index (χ1) is 12.9. The Labute approximate surface area is 157 Å². The van der Waals surface area contributed by atoms with E-state index in [0.29, 0.717) is 29.7 Å². The summed E-state index contributed by atoms with van der Waals surface area (Å²) in [5.41, 5.74) is 0.00998. The summed E-state index contributed by atoms with van der Waals surface area (Å²) in [6, 6.07) is 5.22. The third-order valence-electron chi connectivity index (χ3n) is 5.01. The van der Waals surface area contributed by atoms with Crippen molar-refractivity contribution < 1.29 is 14.3 Å². The summed E-state index contributed by atoms with van der Waals surface area (Å²) < 4.78 is 11.3. The fourth-order valence-electron chi connectivity index (χ4n) is 3.46. The van der Waals surface area contributed by atoms with Gasteiger partial charge in [-0.25, -0.2) is 4.98 Å². The largest absolute Gasteiger partial charge is 0.497 e. The zero-order chi connectivity index (χ0) is 19.2. The molecule has 7 heteroatoms. The van der Waals surface area contributed by atoms with E-state index in [1.54, 1.807) is 7.11 Å². The molecule has 1 atom stereocenters. The van der Waals surface area contributed by atoms with Crippen molar-refractivity contribution in [2.45, 2.75) is 50.7 Å². The quantitative estimate of drug-likeness (QED) is 0.864. The Balaban J connectivity index is 1.61. The maximum atomic E-state index is 12.8. The van der Waals surface area contributed by atoms with Crippen LogP contribution in [0.2, 0.25) is 0 Å². The van der Waals surface area contributed by atoms with E-state index >= 15 is 0 Å². The van der Waals surface area contributed by atoms with Gasteiger partial charge in [-0.1, -0.05) is 0 Å². The molecule has 7 nitrogen and oxygen atoms in total. The highest BCUT2D eigenvalue weighted by atomic mass is 16.5. The highest BCUT2D eigenvalue weighted by Gasteiger charge is 2.35. The summed E-state index contributed by atoms with van der Waals surface area (Å²) in [5, 5.41) is 2.97. The topological polar surface area (TPSA) is 93.3 Å². The first-order valence-corrected chi connectivity index (χ1v) is 9.13. The van der Waals surface area contributed by atoms with Crippen LogP contribution < -0.4 is 20.3 Å². The Morgan fingerprint density at radius 2 is 2.15 bits per heavy atom. The molecule has 0 spiro atoms. The maximum absolute atomic E-state index is 12.8. The van der Waals surface area contributed by atoms with Crippen molar-refractivity contribution in [1.29, 1.82) is 0 Å². The Morgan fingerprint density at radius 1 is 1.37 bits per heavy atom. The maximum Gasteiger partial charge on any atom is 0.263 e. The molecule has 1 unspecified atom stereocenters. The van der Waals surface area contributed by atoms with Crippen LogP contribution in [-0.4, -0.2) is 28.6 Å². The third-order valence-corrected chi connectivity index (χ3v) is 5.01. The van der Waals surface area contributed by atoms with Gasteiger partial charge in [-0.2, -0.15) is 0 Å². The van der Waals surface area contributed by atoms with Gasteiger partial charge in [0.1, 0.15) is 28.5 Å². The number of hydrogen-bond donors (Lipinski definition) is 2. The number of fused-ring (bicyclic) bond motifs is 1. The van der Waals surface area contributed by atoms with E-state index in [1.807, 2.05) is 32.0 Å².